The number of rotatable bonds is 8. The minimum absolute atomic E-state index is 0.0641. The highest BCUT2D eigenvalue weighted by Crippen LogP contribution is 2.42. The van der Waals surface area contributed by atoms with E-state index >= 15 is 0 Å². The Labute approximate surface area is 205 Å². The Bertz CT molecular complexity index is 1310. The first-order valence-corrected chi connectivity index (χ1v) is 13.1. The first kappa shape index (κ1) is 25.3. The third-order valence-corrected chi connectivity index (χ3v) is 7.83. The van der Waals surface area contributed by atoms with Crippen LogP contribution in [-0.4, -0.2) is 26.2 Å². The van der Waals surface area contributed by atoms with Gasteiger partial charge in [-0.15, -0.1) is 0 Å². The number of benzene rings is 2. The topological polar surface area (TPSA) is 105 Å². The molecule has 1 unspecified atom stereocenters. The van der Waals surface area contributed by atoms with Crippen molar-refractivity contribution in [3.63, 3.8) is 0 Å². The van der Waals surface area contributed by atoms with Crippen LogP contribution >= 0.6 is 0 Å². The summed E-state index contributed by atoms with van der Waals surface area (Å²) < 4.78 is 55.1. The Morgan fingerprint density at radius 2 is 1.91 bits per heavy atom. The highest BCUT2D eigenvalue weighted by atomic mass is 32.2. The predicted octanol–water partition coefficient (Wildman–Crippen LogP) is 5.74. The molecule has 1 fully saturated rings. The fraction of sp³-hybridized carbons (Fsp3) is 0.423. The summed E-state index contributed by atoms with van der Waals surface area (Å²) in [5, 5.41) is 0. The van der Waals surface area contributed by atoms with Crippen molar-refractivity contribution >= 4 is 21.2 Å². The average molecular weight is 503 g/mol. The lowest BCUT2D eigenvalue weighted by molar-refractivity contribution is 0.210. The predicted molar refractivity (Wildman–Crippen MR) is 131 cm³/mol. The van der Waals surface area contributed by atoms with Crippen molar-refractivity contribution in [2.24, 2.45) is 11.1 Å². The molecule has 0 aliphatic heterocycles. The quantitative estimate of drug-likeness (QED) is 0.309. The first-order chi connectivity index (χ1) is 16.6. The normalized spacial score (nSPS) is 18.0. The number of hydrogen-bond donors (Lipinski definition) is 1. The highest BCUT2D eigenvalue weighted by molar-refractivity contribution is 7.86. The summed E-state index contributed by atoms with van der Waals surface area (Å²) in [5.41, 5.74) is 8.21. The lowest BCUT2D eigenvalue weighted by Crippen LogP contribution is -2.31. The van der Waals surface area contributed by atoms with Gasteiger partial charge in [0.2, 0.25) is 0 Å². The number of hydrogen-bond acceptors (Lipinski definition) is 7. The van der Waals surface area contributed by atoms with E-state index in [1.807, 2.05) is 6.92 Å². The van der Waals surface area contributed by atoms with Crippen LogP contribution in [0.15, 0.2) is 63.7 Å². The Kier molecular flexibility index (Phi) is 7.30. The molecule has 35 heavy (non-hydrogen) atoms. The number of ether oxygens (including phenoxy) is 1. The molecule has 2 aromatic carbocycles. The van der Waals surface area contributed by atoms with E-state index in [0.29, 0.717) is 22.7 Å². The fourth-order valence-corrected chi connectivity index (χ4v) is 5.11. The molecular weight excluding hydrogens is 471 g/mol. The van der Waals surface area contributed by atoms with Crippen LogP contribution in [0, 0.1) is 12.3 Å². The van der Waals surface area contributed by atoms with E-state index in [9.17, 15) is 12.8 Å². The zero-order valence-corrected chi connectivity index (χ0v) is 21.0. The maximum absolute atomic E-state index is 13.5. The smallest absolute Gasteiger partial charge is 0.298 e. The molecule has 0 saturated heterocycles. The third-order valence-electron chi connectivity index (χ3n) is 6.52. The molecule has 7 nitrogen and oxygen atoms in total. The van der Waals surface area contributed by atoms with E-state index in [1.165, 1.54) is 12.1 Å². The molecule has 1 saturated carbocycles. The molecule has 1 heterocycles. The summed E-state index contributed by atoms with van der Waals surface area (Å²) in [4.78, 5) is 4.57. The number of aryl methyl sites for hydroxylation is 1. The SMILES string of the molecule is Cc1ccc(S(=O)(=O)OC(N)/C(=C/F)COc2ccc3nc(C4CCC(C)(C)CC4)oc3c2)cc1. The van der Waals surface area contributed by atoms with Gasteiger partial charge in [-0.25, -0.2) is 13.6 Å². The molecular formula is C26H31FN2O5S. The van der Waals surface area contributed by atoms with Crippen molar-refractivity contribution in [2.75, 3.05) is 6.61 Å². The second-order valence-corrected chi connectivity index (χ2v) is 11.4. The summed E-state index contributed by atoms with van der Waals surface area (Å²) in [5.74, 6) is 1.44. The minimum atomic E-state index is -4.17. The van der Waals surface area contributed by atoms with Gasteiger partial charge >= 0.3 is 0 Å². The molecule has 2 N–H and O–H groups in total. The lowest BCUT2D eigenvalue weighted by Gasteiger charge is -2.32. The number of aromatic nitrogens is 1. The second kappa shape index (κ2) is 10.1. The fourth-order valence-electron chi connectivity index (χ4n) is 4.13. The zero-order valence-electron chi connectivity index (χ0n) is 20.2. The number of nitrogens with zero attached hydrogens (tertiary/aromatic N) is 1. The highest BCUT2D eigenvalue weighted by Gasteiger charge is 2.30. The van der Waals surface area contributed by atoms with E-state index in [0.717, 1.165) is 42.7 Å². The van der Waals surface area contributed by atoms with Crippen LogP contribution in [0.3, 0.4) is 0 Å². The molecule has 0 spiro atoms. The van der Waals surface area contributed by atoms with Gasteiger partial charge in [-0.05, 0) is 62.3 Å². The van der Waals surface area contributed by atoms with Gasteiger partial charge in [-0.3, -0.25) is 0 Å². The molecule has 4 rings (SSSR count). The number of oxazole rings is 1. The maximum atomic E-state index is 13.5. The van der Waals surface area contributed by atoms with Crippen molar-refractivity contribution in [2.45, 2.75) is 63.5 Å². The molecule has 0 bridgehead atoms. The molecule has 0 radical (unpaired) electrons. The molecule has 188 valence electrons. The summed E-state index contributed by atoms with van der Waals surface area (Å²) in [7, 11) is -4.17. The van der Waals surface area contributed by atoms with Crippen molar-refractivity contribution in [1.82, 2.24) is 4.98 Å². The molecule has 3 aromatic rings. The summed E-state index contributed by atoms with van der Waals surface area (Å²) >= 11 is 0. The third kappa shape index (κ3) is 6.09. The van der Waals surface area contributed by atoms with Gasteiger partial charge in [0.15, 0.2) is 17.7 Å². The minimum Gasteiger partial charge on any atom is -0.489 e. The van der Waals surface area contributed by atoms with E-state index in [4.69, 9.17) is 19.1 Å². The zero-order chi connectivity index (χ0) is 25.2. The van der Waals surface area contributed by atoms with Crippen LogP contribution in [0.1, 0.15) is 56.9 Å². The monoisotopic (exact) mass is 502 g/mol. The summed E-state index contributed by atoms with van der Waals surface area (Å²) in [6, 6.07) is 11.2. The molecule has 0 amide bonds. The summed E-state index contributed by atoms with van der Waals surface area (Å²) in [6.45, 7) is 6.10. The van der Waals surface area contributed by atoms with Gasteiger partial charge in [0, 0.05) is 17.6 Å². The number of halogens is 1. The van der Waals surface area contributed by atoms with E-state index < -0.39 is 16.3 Å². The Hall–Kier alpha value is -2.75. The van der Waals surface area contributed by atoms with Gasteiger partial charge in [0.1, 0.15) is 17.9 Å². The van der Waals surface area contributed by atoms with Gasteiger partial charge in [0.05, 0.1) is 11.2 Å². The largest absolute Gasteiger partial charge is 0.489 e. The molecule has 9 heteroatoms. The Morgan fingerprint density at radius 3 is 2.57 bits per heavy atom. The van der Waals surface area contributed by atoms with Crippen molar-refractivity contribution in [1.29, 1.82) is 0 Å². The van der Waals surface area contributed by atoms with E-state index in [1.54, 1.807) is 30.3 Å². The first-order valence-electron chi connectivity index (χ1n) is 11.6. The van der Waals surface area contributed by atoms with Crippen molar-refractivity contribution in [3.8, 4) is 5.75 Å². The lowest BCUT2D eigenvalue weighted by atomic mass is 9.73. The number of nitrogens with two attached hydrogens (primary N) is 1. The van der Waals surface area contributed by atoms with Gasteiger partial charge < -0.3 is 14.9 Å². The summed E-state index contributed by atoms with van der Waals surface area (Å²) in [6.07, 6.45) is 3.00. The molecule has 1 atom stereocenters. The average Bonchev–Trinajstić information content (AvgIpc) is 3.22. The van der Waals surface area contributed by atoms with Crippen LogP contribution in [-0.2, 0) is 14.3 Å². The molecule has 1 aromatic heterocycles. The van der Waals surface area contributed by atoms with Gasteiger partial charge in [-0.2, -0.15) is 8.42 Å². The second-order valence-electron chi connectivity index (χ2n) is 9.88. The standard InChI is InChI=1S/C26H31FN2O5S/c1-17-4-7-21(8-5-17)35(30,31)34-24(28)19(15-27)16-32-20-6-9-22-23(14-20)33-25(29-22)18-10-12-26(2,3)13-11-18/h4-9,14-15,18,24H,10-13,16,28H2,1-3H3/b19-15+. The van der Waals surface area contributed by atoms with Crippen LogP contribution < -0.4 is 10.5 Å². The van der Waals surface area contributed by atoms with Crippen LogP contribution in [0.4, 0.5) is 4.39 Å². The van der Waals surface area contributed by atoms with Crippen molar-refractivity contribution < 1.29 is 26.1 Å². The van der Waals surface area contributed by atoms with Crippen molar-refractivity contribution in [3.05, 3.63) is 65.8 Å². The van der Waals surface area contributed by atoms with E-state index in [-0.39, 0.29) is 23.4 Å². The number of fused-ring (bicyclic) bond motifs is 1. The van der Waals surface area contributed by atoms with Crippen LogP contribution in [0.5, 0.6) is 5.75 Å². The van der Waals surface area contributed by atoms with Crippen LogP contribution in [0.2, 0.25) is 0 Å². The van der Waals surface area contributed by atoms with Crippen LogP contribution in [0.25, 0.3) is 11.1 Å². The van der Waals surface area contributed by atoms with E-state index in [2.05, 4.69) is 18.8 Å². The van der Waals surface area contributed by atoms with Gasteiger partial charge in [0.25, 0.3) is 10.1 Å². The van der Waals surface area contributed by atoms with Gasteiger partial charge in [-0.1, -0.05) is 31.5 Å². The Morgan fingerprint density at radius 1 is 1.23 bits per heavy atom. The Balaban J connectivity index is 1.39. The maximum Gasteiger partial charge on any atom is 0.298 e. The molecule has 1 aliphatic rings. The molecule has 1 aliphatic carbocycles.